The molecule has 1 amide bonds. The molecule has 1 aromatic carbocycles. The van der Waals surface area contributed by atoms with Gasteiger partial charge >= 0.3 is 0 Å². The Hall–Kier alpha value is -1.62. The Balaban J connectivity index is 1.61. The lowest BCUT2D eigenvalue weighted by molar-refractivity contribution is -0.384. The Morgan fingerprint density at radius 1 is 1.38 bits per heavy atom. The molecule has 3 unspecified atom stereocenters. The second kappa shape index (κ2) is 5.64. The molecule has 5 nitrogen and oxygen atoms in total. The molecule has 3 rings (SSSR count). The first kappa shape index (κ1) is 14.3. The van der Waals surface area contributed by atoms with Crippen LogP contribution in [0.2, 0.25) is 5.02 Å². The summed E-state index contributed by atoms with van der Waals surface area (Å²) in [6.45, 7) is 0.674. The van der Waals surface area contributed by atoms with Gasteiger partial charge in [0.15, 0.2) is 0 Å². The Labute approximate surface area is 127 Å². The average Bonchev–Trinajstić information content (AvgIpc) is 3.07. The van der Waals surface area contributed by atoms with E-state index in [4.69, 9.17) is 11.6 Å². The van der Waals surface area contributed by atoms with Gasteiger partial charge in [-0.25, -0.2) is 0 Å². The van der Waals surface area contributed by atoms with Gasteiger partial charge in [-0.15, -0.1) is 0 Å². The van der Waals surface area contributed by atoms with E-state index in [1.54, 1.807) is 0 Å². The first-order valence-corrected chi connectivity index (χ1v) is 7.64. The lowest BCUT2D eigenvalue weighted by atomic mass is 9.89. The zero-order valence-corrected chi connectivity index (χ0v) is 12.3. The zero-order valence-electron chi connectivity index (χ0n) is 11.5. The van der Waals surface area contributed by atoms with Crippen LogP contribution in [0.15, 0.2) is 18.2 Å². The van der Waals surface area contributed by atoms with E-state index in [1.165, 1.54) is 43.9 Å². The monoisotopic (exact) mass is 308 g/mol. The van der Waals surface area contributed by atoms with Gasteiger partial charge in [0.2, 0.25) is 0 Å². The van der Waals surface area contributed by atoms with Crippen LogP contribution in [0.3, 0.4) is 0 Å². The summed E-state index contributed by atoms with van der Waals surface area (Å²) in [5, 5.41) is 13.7. The predicted molar refractivity (Wildman–Crippen MR) is 79.4 cm³/mol. The van der Waals surface area contributed by atoms with E-state index in [2.05, 4.69) is 5.32 Å². The molecule has 2 bridgehead atoms. The maximum atomic E-state index is 12.1. The molecule has 2 aliphatic rings. The highest BCUT2D eigenvalue weighted by Crippen LogP contribution is 2.47. The van der Waals surface area contributed by atoms with Gasteiger partial charge in [0.1, 0.15) is 0 Å². The number of nitro benzene ring substituents is 1. The molecule has 21 heavy (non-hydrogen) atoms. The predicted octanol–water partition coefficient (Wildman–Crippen LogP) is 3.41. The fourth-order valence-electron chi connectivity index (χ4n) is 3.75. The molecule has 2 aliphatic carbocycles. The van der Waals surface area contributed by atoms with Gasteiger partial charge in [-0.3, -0.25) is 14.9 Å². The number of hydrogen-bond donors (Lipinski definition) is 1. The minimum absolute atomic E-state index is 0.107. The van der Waals surface area contributed by atoms with Gasteiger partial charge in [0.05, 0.1) is 15.5 Å². The number of carbonyl (C=O) groups is 1. The van der Waals surface area contributed by atoms with Crippen molar-refractivity contribution in [3.05, 3.63) is 38.9 Å². The number of nitrogens with one attached hydrogen (secondary N) is 1. The average molecular weight is 309 g/mol. The largest absolute Gasteiger partial charge is 0.352 e. The van der Waals surface area contributed by atoms with Crippen LogP contribution < -0.4 is 5.32 Å². The van der Waals surface area contributed by atoms with Crippen molar-refractivity contribution in [1.29, 1.82) is 0 Å². The van der Waals surface area contributed by atoms with Crippen molar-refractivity contribution in [2.24, 2.45) is 17.8 Å². The highest BCUT2D eigenvalue weighted by Gasteiger charge is 2.39. The number of benzene rings is 1. The summed E-state index contributed by atoms with van der Waals surface area (Å²) in [4.78, 5) is 22.3. The van der Waals surface area contributed by atoms with Crippen LogP contribution in [0.4, 0.5) is 5.69 Å². The van der Waals surface area contributed by atoms with E-state index in [9.17, 15) is 14.9 Å². The molecule has 2 saturated carbocycles. The molecule has 3 atom stereocenters. The molecule has 0 radical (unpaired) electrons. The maximum Gasteiger partial charge on any atom is 0.270 e. The molecular formula is C15H17ClN2O3. The SMILES string of the molecule is O=C(NCC1CC2CCC1C2)c1ccc([N+](=O)[O-])cc1Cl. The molecule has 1 N–H and O–H groups in total. The van der Waals surface area contributed by atoms with Crippen LogP contribution in [0, 0.1) is 27.9 Å². The second-order valence-electron chi connectivity index (χ2n) is 6.07. The van der Waals surface area contributed by atoms with Crippen LogP contribution >= 0.6 is 11.6 Å². The molecule has 0 spiro atoms. The molecule has 0 heterocycles. The topological polar surface area (TPSA) is 72.2 Å². The smallest absolute Gasteiger partial charge is 0.270 e. The summed E-state index contributed by atoms with van der Waals surface area (Å²) in [6.07, 6.45) is 5.13. The summed E-state index contributed by atoms with van der Waals surface area (Å²) >= 11 is 5.96. The summed E-state index contributed by atoms with van der Waals surface area (Å²) in [5.74, 6) is 1.92. The van der Waals surface area contributed by atoms with Crippen molar-refractivity contribution in [2.45, 2.75) is 25.7 Å². The number of carbonyl (C=O) groups excluding carboxylic acids is 1. The second-order valence-corrected chi connectivity index (χ2v) is 6.47. The minimum atomic E-state index is -0.525. The van der Waals surface area contributed by atoms with Gasteiger partial charge in [-0.05, 0) is 43.1 Å². The molecule has 112 valence electrons. The van der Waals surface area contributed by atoms with E-state index < -0.39 is 4.92 Å². The van der Waals surface area contributed by atoms with Crippen molar-refractivity contribution < 1.29 is 9.72 Å². The van der Waals surface area contributed by atoms with Crippen molar-refractivity contribution in [2.75, 3.05) is 6.54 Å². The molecule has 1 aromatic rings. The van der Waals surface area contributed by atoms with Gasteiger partial charge < -0.3 is 5.32 Å². The molecular weight excluding hydrogens is 292 g/mol. The Bertz CT molecular complexity index is 590. The quantitative estimate of drug-likeness (QED) is 0.684. The summed E-state index contributed by atoms with van der Waals surface area (Å²) in [6, 6.07) is 3.93. The summed E-state index contributed by atoms with van der Waals surface area (Å²) < 4.78 is 0. The first-order chi connectivity index (χ1) is 10.0. The lowest BCUT2D eigenvalue weighted by Gasteiger charge is -2.21. The highest BCUT2D eigenvalue weighted by atomic mass is 35.5. The third-order valence-corrected chi connectivity index (χ3v) is 5.13. The van der Waals surface area contributed by atoms with Crippen LogP contribution in [0.1, 0.15) is 36.0 Å². The van der Waals surface area contributed by atoms with Crippen LogP contribution in [-0.2, 0) is 0 Å². The van der Waals surface area contributed by atoms with Crippen molar-refractivity contribution in [3.63, 3.8) is 0 Å². The zero-order chi connectivity index (χ0) is 15.0. The molecule has 2 fully saturated rings. The number of rotatable bonds is 4. The molecule has 0 saturated heterocycles. The molecule has 6 heteroatoms. The normalized spacial score (nSPS) is 26.8. The molecule has 0 aliphatic heterocycles. The van der Waals surface area contributed by atoms with Gasteiger partial charge in [-0.1, -0.05) is 18.0 Å². The third kappa shape index (κ3) is 2.88. The number of non-ortho nitro benzene ring substituents is 1. The Kier molecular flexibility index (Phi) is 3.85. The van der Waals surface area contributed by atoms with E-state index in [0.29, 0.717) is 18.0 Å². The van der Waals surface area contributed by atoms with Gasteiger partial charge in [0, 0.05) is 18.7 Å². The number of nitro groups is 1. The number of nitrogens with zero attached hydrogens (tertiary/aromatic N) is 1. The van der Waals surface area contributed by atoms with Gasteiger partial charge in [-0.2, -0.15) is 0 Å². The number of fused-ring (bicyclic) bond motifs is 2. The minimum Gasteiger partial charge on any atom is -0.352 e. The number of halogens is 1. The third-order valence-electron chi connectivity index (χ3n) is 4.82. The Morgan fingerprint density at radius 3 is 2.76 bits per heavy atom. The lowest BCUT2D eigenvalue weighted by Crippen LogP contribution is -2.31. The van der Waals surface area contributed by atoms with E-state index >= 15 is 0 Å². The van der Waals surface area contributed by atoms with Gasteiger partial charge in [0.25, 0.3) is 11.6 Å². The summed E-state index contributed by atoms with van der Waals surface area (Å²) in [7, 11) is 0. The van der Waals surface area contributed by atoms with Crippen LogP contribution in [0.5, 0.6) is 0 Å². The standard InChI is InChI=1S/C15H17ClN2O3/c16-14-7-12(18(20)21)3-4-13(14)15(19)17-8-11-6-9-1-2-10(11)5-9/h3-4,7,9-11H,1-2,5-6,8H2,(H,17,19). The van der Waals surface area contributed by atoms with Crippen molar-refractivity contribution in [1.82, 2.24) is 5.32 Å². The van der Waals surface area contributed by atoms with Crippen LogP contribution in [-0.4, -0.2) is 17.4 Å². The highest BCUT2D eigenvalue weighted by molar-refractivity contribution is 6.34. The number of amides is 1. The van der Waals surface area contributed by atoms with E-state index in [-0.39, 0.29) is 16.6 Å². The maximum absolute atomic E-state index is 12.1. The molecule has 0 aromatic heterocycles. The first-order valence-electron chi connectivity index (χ1n) is 7.26. The fourth-order valence-corrected chi connectivity index (χ4v) is 4.01. The summed E-state index contributed by atoms with van der Waals surface area (Å²) in [5.41, 5.74) is 0.190. The van der Waals surface area contributed by atoms with Crippen molar-refractivity contribution in [3.8, 4) is 0 Å². The number of hydrogen-bond acceptors (Lipinski definition) is 3. The van der Waals surface area contributed by atoms with E-state index in [1.807, 2.05) is 0 Å². The van der Waals surface area contributed by atoms with Crippen LogP contribution in [0.25, 0.3) is 0 Å². The Morgan fingerprint density at radius 2 is 2.19 bits per heavy atom. The van der Waals surface area contributed by atoms with E-state index in [0.717, 1.165) is 11.8 Å². The fraction of sp³-hybridized carbons (Fsp3) is 0.533. The van der Waals surface area contributed by atoms with Crippen molar-refractivity contribution >= 4 is 23.2 Å².